The molecule has 2 N–H and O–H groups in total. The molecule has 0 bridgehead atoms. The van der Waals surface area contributed by atoms with Gasteiger partial charge < -0.3 is 10.1 Å². The molecule has 0 aromatic heterocycles. The zero-order valence-corrected chi connectivity index (χ0v) is 17.9. The van der Waals surface area contributed by atoms with Crippen LogP contribution in [0.25, 0.3) is 0 Å². The minimum absolute atomic E-state index is 0.0846. The van der Waals surface area contributed by atoms with Gasteiger partial charge in [-0.15, -0.1) is 0 Å². The van der Waals surface area contributed by atoms with E-state index in [0.717, 1.165) is 27.8 Å². The fourth-order valence-electron chi connectivity index (χ4n) is 2.52. The highest BCUT2D eigenvalue weighted by Crippen LogP contribution is 2.14. The first-order chi connectivity index (χ1) is 13.6. The van der Waals surface area contributed by atoms with E-state index in [1.54, 1.807) is 12.1 Å². The number of nitrogens with one attached hydrogen (secondary N) is 2. The van der Waals surface area contributed by atoms with Gasteiger partial charge in [-0.1, -0.05) is 29.8 Å². The molecule has 8 heteroatoms. The van der Waals surface area contributed by atoms with Crippen molar-refractivity contribution in [1.29, 1.82) is 0 Å². The summed E-state index contributed by atoms with van der Waals surface area (Å²) in [6, 6.07) is 10.6. The Balaban J connectivity index is 1.79. The Hall–Kier alpha value is -2.71. The van der Waals surface area contributed by atoms with Crippen LogP contribution in [0.15, 0.2) is 41.3 Å². The number of amides is 1. The van der Waals surface area contributed by atoms with Crippen LogP contribution in [0.3, 0.4) is 0 Å². The zero-order chi connectivity index (χ0) is 21.6. The SMILES string of the molecule is Cc1ccc(C)c(COC(=O)CNC(=O)CNS(=O)(=O)c2ccc(C)c(C)c2)c1. The Morgan fingerprint density at radius 2 is 1.59 bits per heavy atom. The molecule has 0 aliphatic heterocycles. The maximum atomic E-state index is 12.3. The van der Waals surface area contributed by atoms with E-state index in [4.69, 9.17) is 4.74 Å². The quantitative estimate of drug-likeness (QED) is 0.639. The third kappa shape index (κ3) is 6.69. The van der Waals surface area contributed by atoms with Gasteiger partial charge in [0.1, 0.15) is 13.2 Å². The van der Waals surface area contributed by atoms with E-state index >= 15 is 0 Å². The highest BCUT2D eigenvalue weighted by Gasteiger charge is 2.16. The van der Waals surface area contributed by atoms with Crippen molar-refractivity contribution in [3.63, 3.8) is 0 Å². The average molecular weight is 419 g/mol. The number of benzene rings is 2. The van der Waals surface area contributed by atoms with Gasteiger partial charge in [0.25, 0.3) is 0 Å². The molecule has 0 unspecified atom stereocenters. The molecule has 0 spiro atoms. The van der Waals surface area contributed by atoms with E-state index in [2.05, 4.69) is 10.0 Å². The van der Waals surface area contributed by atoms with Crippen LogP contribution in [0, 0.1) is 27.7 Å². The molecule has 29 heavy (non-hydrogen) atoms. The third-order valence-electron chi connectivity index (χ3n) is 4.53. The van der Waals surface area contributed by atoms with Gasteiger partial charge in [-0.3, -0.25) is 9.59 Å². The van der Waals surface area contributed by atoms with Crippen LogP contribution in [0.2, 0.25) is 0 Å². The molecule has 7 nitrogen and oxygen atoms in total. The number of esters is 1. The summed E-state index contributed by atoms with van der Waals surface area (Å²) in [6.07, 6.45) is 0. The topological polar surface area (TPSA) is 102 Å². The lowest BCUT2D eigenvalue weighted by Gasteiger charge is -2.10. The van der Waals surface area contributed by atoms with Crippen LogP contribution in [0.1, 0.15) is 27.8 Å². The van der Waals surface area contributed by atoms with Crippen molar-refractivity contribution in [2.24, 2.45) is 0 Å². The first kappa shape index (κ1) is 22.6. The van der Waals surface area contributed by atoms with Crippen molar-refractivity contribution in [1.82, 2.24) is 10.0 Å². The number of hydrogen-bond donors (Lipinski definition) is 2. The Morgan fingerprint density at radius 3 is 2.28 bits per heavy atom. The fraction of sp³-hybridized carbons (Fsp3) is 0.333. The van der Waals surface area contributed by atoms with Crippen molar-refractivity contribution in [3.05, 3.63) is 64.2 Å². The van der Waals surface area contributed by atoms with E-state index in [9.17, 15) is 18.0 Å². The number of sulfonamides is 1. The lowest BCUT2D eigenvalue weighted by atomic mass is 10.1. The van der Waals surface area contributed by atoms with Gasteiger partial charge in [0.05, 0.1) is 11.4 Å². The lowest BCUT2D eigenvalue weighted by Crippen LogP contribution is -2.39. The van der Waals surface area contributed by atoms with Gasteiger partial charge in [0, 0.05) is 0 Å². The van der Waals surface area contributed by atoms with Gasteiger partial charge >= 0.3 is 5.97 Å². The summed E-state index contributed by atoms with van der Waals surface area (Å²) < 4.78 is 31.9. The molecule has 2 aromatic rings. The Morgan fingerprint density at radius 1 is 0.897 bits per heavy atom. The molecule has 156 valence electrons. The van der Waals surface area contributed by atoms with Gasteiger partial charge in [0.15, 0.2) is 0 Å². The van der Waals surface area contributed by atoms with Crippen molar-refractivity contribution in [2.75, 3.05) is 13.1 Å². The van der Waals surface area contributed by atoms with Crippen molar-refractivity contribution in [3.8, 4) is 0 Å². The van der Waals surface area contributed by atoms with Gasteiger partial charge in [-0.25, -0.2) is 13.1 Å². The lowest BCUT2D eigenvalue weighted by molar-refractivity contribution is -0.145. The summed E-state index contributed by atoms with van der Waals surface area (Å²) in [6.45, 7) is 6.86. The summed E-state index contributed by atoms with van der Waals surface area (Å²) >= 11 is 0. The second-order valence-electron chi connectivity index (χ2n) is 6.94. The maximum Gasteiger partial charge on any atom is 0.325 e. The van der Waals surface area contributed by atoms with Crippen molar-refractivity contribution in [2.45, 2.75) is 39.2 Å². The number of ether oxygens (including phenoxy) is 1. The van der Waals surface area contributed by atoms with Crippen LogP contribution in [-0.2, 0) is 31.0 Å². The van der Waals surface area contributed by atoms with Gasteiger partial charge in [-0.05, 0) is 62.1 Å². The first-order valence-corrected chi connectivity index (χ1v) is 10.6. The largest absolute Gasteiger partial charge is 0.459 e. The Labute approximate surface area is 171 Å². The van der Waals surface area contributed by atoms with Crippen LogP contribution < -0.4 is 10.0 Å². The minimum atomic E-state index is -3.82. The standard InChI is InChI=1S/C21H26N2O5S/c1-14-5-6-16(3)18(9-14)13-28-21(25)12-22-20(24)11-23-29(26,27)19-8-7-15(2)17(4)10-19/h5-10,23H,11-13H2,1-4H3,(H,22,24). The summed E-state index contributed by atoms with van der Waals surface area (Å²) in [5.41, 5.74) is 4.77. The molecule has 2 rings (SSSR count). The molecule has 0 saturated heterocycles. The summed E-state index contributed by atoms with van der Waals surface area (Å²) in [5, 5.41) is 2.35. The van der Waals surface area contributed by atoms with Crippen LogP contribution in [0.4, 0.5) is 0 Å². The summed E-state index contributed by atoms with van der Waals surface area (Å²) in [4.78, 5) is 23.8. The predicted octanol–water partition coefficient (Wildman–Crippen LogP) is 2.06. The molecule has 0 saturated carbocycles. The first-order valence-electron chi connectivity index (χ1n) is 9.14. The highest BCUT2D eigenvalue weighted by molar-refractivity contribution is 7.89. The van der Waals surface area contributed by atoms with E-state index in [0.29, 0.717) is 0 Å². The maximum absolute atomic E-state index is 12.3. The second-order valence-corrected chi connectivity index (χ2v) is 8.70. The molecule has 0 radical (unpaired) electrons. The fourth-order valence-corrected chi connectivity index (χ4v) is 3.59. The molecule has 0 aliphatic carbocycles. The van der Waals surface area contributed by atoms with Crippen molar-refractivity contribution < 1.29 is 22.7 Å². The van der Waals surface area contributed by atoms with Crippen LogP contribution in [0.5, 0.6) is 0 Å². The number of carbonyl (C=O) groups excluding carboxylic acids is 2. The monoisotopic (exact) mass is 418 g/mol. The third-order valence-corrected chi connectivity index (χ3v) is 5.93. The smallest absolute Gasteiger partial charge is 0.325 e. The number of rotatable bonds is 8. The molecule has 0 aliphatic rings. The predicted molar refractivity (Wildman–Crippen MR) is 110 cm³/mol. The summed E-state index contributed by atoms with van der Waals surface area (Å²) in [7, 11) is -3.82. The number of hydrogen-bond acceptors (Lipinski definition) is 5. The minimum Gasteiger partial charge on any atom is -0.459 e. The number of aryl methyl sites for hydroxylation is 4. The Bertz CT molecular complexity index is 1020. The molecule has 0 atom stereocenters. The van der Waals surface area contributed by atoms with E-state index in [-0.39, 0.29) is 18.0 Å². The second kappa shape index (κ2) is 9.67. The average Bonchev–Trinajstić information content (AvgIpc) is 2.67. The molecule has 0 fully saturated rings. The molecule has 0 heterocycles. The number of carbonyl (C=O) groups is 2. The highest BCUT2D eigenvalue weighted by atomic mass is 32.2. The zero-order valence-electron chi connectivity index (χ0n) is 17.0. The van der Waals surface area contributed by atoms with Crippen molar-refractivity contribution >= 4 is 21.9 Å². The normalized spacial score (nSPS) is 11.2. The molecular formula is C21H26N2O5S. The Kier molecular flexibility index (Phi) is 7.53. The van der Waals surface area contributed by atoms with Crippen LogP contribution in [-0.4, -0.2) is 33.4 Å². The van der Waals surface area contributed by atoms with Gasteiger partial charge in [0.2, 0.25) is 15.9 Å². The summed E-state index contributed by atoms with van der Waals surface area (Å²) in [5.74, 6) is -1.22. The molecule has 1 amide bonds. The molecule has 2 aromatic carbocycles. The molecular weight excluding hydrogens is 392 g/mol. The van der Waals surface area contributed by atoms with Crippen LogP contribution >= 0.6 is 0 Å². The van der Waals surface area contributed by atoms with Gasteiger partial charge in [-0.2, -0.15) is 0 Å². The van der Waals surface area contributed by atoms with E-state index < -0.39 is 28.4 Å². The van der Waals surface area contributed by atoms with E-state index in [1.807, 2.05) is 45.9 Å². The van der Waals surface area contributed by atoms with E-state index in [1.165, 1.54) is 6.07 Å².